The van der Waals surface area contributed by atoms with Crippen molar-refractivity contribution in [3.8, 4) is 0 Å². The molecule has 0 aromatic carbocycles. The maximum Gasteiger partial charge on any atom is 0.193 e. The fourth-order valence-electron chi connectivity index (χ4n) is 2.20. The lowest BCUT2D eigenvalue weighted by molar-refractivity contribution is 0.115. The molecule has 0 unspecified atom stereocenters. The molecule has 1 saturated carbocycles. The molecule has 1 N–H and O–H groups in total. The first kappa shape index (κ1) is 20.2. The van der Waals surface area contributed by atoms with Gasteiger partial charge < -0.3 is 24.6 Å². The molecule has 0 spiro atoms. The van der Waals surface area contributed by atoms with Gasteiger partial charge in [0.15, 0.2) is 5.96 Å². The molecule has 0 saturated heterocycles. The first-order chi connectivity index (χ1) is 11.2. The molecule has 1 rings (SSSR count). The van der Waals surface area contributed by atoms with Crippen LogP contribution in [0.25, 0.3) is 0 Å². The number of guanidine groups is 1. The molecule has 1 aliphatic carbocycles. The van der Waals surface area contributed by atoms with E-state index >= 15 is 0 Å². The Balaban J connectivity index is 2.18. The average molecular weight is 329 g/mol. The Kier molecular flexibility index (Phi) is 11.0. The Morgan fingerprint density at radius 3 is 2.61 bits per heavy atom. The van der Waals surface area contributed by atoms with Crippen LogP contribution in [0.15, 0.2) is 4.99 Å². The average Bonchev–Trinajstić information content (AvgIpc) is 3.36. The van der Waals surface area contributed by atoms with Crippen LogP contribution in [0.2, 0.25) is 0 Å². The van der Waals surface area contributed by atoms with Crippen LogP contribution in [0.4, 0.5) is 0 Å². The summed E-state index contributed by atoms with van der Waals surface area (Å²) < 4.78 is 10.8. The zero-order valence-electron chi connectivity index (χ0n) is 15.5. The van der Waals surface area contributed by atoms with Gasteiger partial charge in [-0.3, -0.25) is 4.99 Å². The van der Waals surface area contributed by atoms with E-state index in [1.54, 1.807) is 7.11 Å². The molecule has 23 heavy (non-hydrogen) atoms. The van der Waals surface area contributed by atoms with Crippen molar-refractivity contribution in [2.45, 2.75) is 26.2 Å². The number of rotatable bonds is 13. The van der Waals surface area contributed by atoms with E-state index in [4.69, 9.17) is 14.5 Å². The summed E-state index contributed by atoms with van der Waals surface area (Å²) in [4.78, 5) is 9.15. The molecule has 136 valence electrons. The summed E-state index contributed by atoms with van der Waals surface area (Å²) in [6, 6.07) is 0. The molecule has 6 nitrogen and oxygen atoms in total. The molecule has 1 aliphatic rings. The molecule has 0 atom stereocenters. The van der Waals surface area contributed by atoms with Gasteiger partial charge in [-0.1, -0.05) is 0 Å². The van der Waals surface area contributed by atoms with E-state index in [0.29, 0.717) is 0 Å². The largest absolute Gasteiger partial charge is 0.383 e. The van der Waals surface area contributed by atoms with Gasteiger partial charge in [0, 0.05) is 46.9 Å². The lowest BCUT2D eigenvalue weighted by atomic mass is 10.4. The van der Waals surface area contributed by atoms with Gasteiger partial charge in [-0.25, -0.2) is 0 Å². The van der Waals surface area contributed by atoms with E-state index < -0.39 is 0 Å². The van der Waals surface area contributed by atoms with Crippen molar-refractivity contribution in [2.75, 3.05) is 73.7 Å². The quantitative estimate of drug-likeness (QED) is 0.313. The van der Waals surface area contributed by atoms with Gasteiger partial charge in [-0.2, -0.15) is 0 Å². The smallest absolute Gasteiger partial charge is 0.193 e. The lowest BCUT2D eigenvalue weighted by Gasteiger charge is -2.22. The summed E-state index contributed by atoms with van der Waals surface area (Å²) in [5.74, 6) is 1.80. The van der Waals surface area contributed by atoms with Gasteiger partial charge in [0.25, 0.3) is 0 Å². The zero-order valence-corrected chi connectivity index (χ0v) is 15.5. The highest BCUT2D eigenvalue weighted by molar-refractivity contribution is 5.79. The molecule has 1 fully saturated rings. The van der Waals surface area contributed by atoms with Crippen LogP contribution in [-0.2, 0) is 9.47 Å². The molecule has 0 aliphatic heterocycles. The number of nitrogens with zero attached hydrogens (tertiary/aromatic N) is 3. The van der Waals surface area contributed by atoms with Crippen LogP contribution >= 0.6 is 0 Å². The second kappa shape index (κ2) is 12.6. The number of nitrogens with one attached hydrogen (secondary N) is 1. The van der Waals surface area contributed by atoms with Crippen molar-refractivity contribution >= 4 is 5.96 Å². The standard InChI is InChI=1S/C17H36N4O2/c1-5-18-17(19-9-6-10-20(2)11-13-22-4)21(3)12-14-23-15-16-7-8-16/h16H,5-15H2,1-4H3,(H,18,19). The summed E-state index contributed by atoms with van der Waals surface area (Å²) in [5.41, 5.74) is 0. The second-order valence-corrected chi connectivity index (χ2v) is 6.33. The van der Waals surface area contributed by atoms with E-state index in [2.05, 4.69) is 36.1 Å². The van der Waals surface area contributed by atoms with E-state index in [1.165, 1.54) is 12.8 Å². The van der Waals surface area contributed by atoms with Crippen molar-refractivity contribution < 1.29 is 9.47 Å². The molecule has 0 heterocycles. The number of hydrogen-bond donors (Lipinski definition) is 1. The minimum atomic E-state index is 0.775. The Morgan fingerprint density at radius 1 is 1.17 bits per heavy atom. The van der Waals surface area contributed by atoms with Gasteiger partial charge in [0.1, 0.15) is 0 Å². The van der Waals surface area contributed by atoms with Crippen LogP contribution in [0, 0.1) is 5.92 Å². The van der Waals surface area contributed by atoms with Crippen molar-refractivity contribution in [3.63, 3.8) is 0 Å². The number of hydrogen-bond acceptors (Lipinski definition) is 4. The van der Waals surface area contributed by atoms with Gasteiger partial charge in [0.05, 0.1) is 13.2 Å². The molecule has 0 amide bonds. The minimum Gasteiger partial charge on any atom is -0.383 e. The van der Waals surface area contributed by atoms with Gasteiger partial charge >= 0.3 is 0 Å². The molecular formula is C17H36N4O2. The predicted octanol–water partition coefficient (Wildman–Crippen LogP) is 1.28. The third-order valence-corrected chi connectivity index (χ3v) is 3.95. The molecular weight excluding hydrogens is 292 g/mol. The van der Waals surface area contributed by atoms with Crippen molar-refractivity contribution in [1.82, 2.24) is 15.1 Å². The van der Waals surface area contributed by atoms with Crippen molar-refractivity contribution in [1.29, 1.82) is 0 Å². The Labute approximate surface area is 142 Å². The van der Waals surface area contributed by atoms with Crippen LogP contribution in [-0.4, -0.2) is 89.5 Å². The van der Waals surface area contributed by atoms with Gasteiger partial charge in [0.2, 0.25) is 0 Å². The molecule has 0 bridgehead atoms. The summed E-state index contributed by atoms with van der Waals surface area (Å²) in [5, 5.41) is 3.35. The predicted molar refractivity (Wildman–Crippen MR) is 96.1 cm³/mol. The first-order valence-electron chi connectivity index (χ1n) is 8.92. The number of ether oxygens (including phenoxy) is 2. The summed E-state index contributed by atoms with van der Waals surface area (Å²) in [7, 11) is 5.94. The van der Waals surface area contributed by atoms with Crippen molar-refractivity contribution in [2.24, 2.45) is 10.9 Å². The zero-order chi connectivity index (χ0) is 16.9. The Morgan fingerprint density at radius 2 is 1.96 bits per heavy atom. The fourth-order valence-corrected chi connectivity index (χ4v) is 2.20. The Bertz CT molecular complexity index is 322. The third-order valence-electron chi connectivity index (χ3n) is 3.95. The van der Waals surface area contributed by atoms with Crippen LogP contribution in [0.1, 0.15) is 26.2 Å². The number of likely N-dealkylation sites (N-methyl/N-ethyl adjacent to an activating group) is 2. The van der Waals surface area contributed by atoms with E-state index in [9.17, 15) is 0 Å². The molecule has 0 radical (unpaired) electrons. The highest BCUT2D eigenvalue weighted by Crippen LogP contribution is 2.28. The summed E-state index contributed by atoms with van der Waals surface area (Å²) in [6.07, 6.45) is 3.75. The van der Waals surface area contributed by atoms with Gasteiger partial charge in [-0.05, 0) is 45.7 Å². The topological polar surface area (TPSA) is 49.3 Å². The second-order valence-electron chi connectivity index (χ2n) is 6.33. The Hall–Kier alpha value is -0.850. The highest BCUT2D eigenvalue weighted by Gasteiger charge is 2.21. The van der Waals surface area contributed by atoms with Crippen LogP contribution < -0.4 is 5.32 Å². The number of aliphatic imine (C=N–C) groups is 1. The monoisotopic (exact) mass is 328 g/mol. The summed E-state index contributed by atoms with van der Waals surface area (Å²) in [6.45, 7) is 9.21. The lowest BCUT2D eigenvalue weighted by Crippen LogP contribution is -2.40. The summed E-state index contributed by atoms with van der Waals surface area (Å²) >= 11 is 0. The molecule has 6 heteroatoms. The third kappa shape index (κ3) is 10.5. The number of methoxy groups -OCH3 is 1. The van der Waals surface area contributed by atoms with Crippen LogP contribution in [0.5, 0.6) is 0 Å². The molecule has 0 aromatic heterocycles. The maximum absolute atomic E-state index is 5.71. The van der Waals surface area contributed by atoms with Gasteiger partial charge in [-0.15, -0.1) is 0 Å². The maximum atomic E-state index is 5.71. The van der Waals surface area contributed by atoms with Crippen LogP contribution in [0.3, 0.4) is 0 Å². The highest BCUT2D eigenvalue weighted by atomic mass is 16.5. The first-order valence-corrected chi connectivity index (χ1v) is 8.92. The van der Waals surface area contributed by atoms with E-state index in [-0.39, 0.29) is 0 Å². The fraction of sp³-hybridized carbons (Fsp3) is 0.941. The van der Waals surface area contributed by atoms with E-state index in [1.807, 2.05) is 0 Å². The SMILES string of the molecule is CCNC(=NCCCN(C)CCOC)N(C)CCOCC1CC1. The van der Waals surface area contributed by atoms with E-state index in [0.717, 1.165) is 70.8 Å². The normalized spacial score (nSPS) is 15.3. The minimum absolute atomic E-state index is 0.775. The molecule has 0 aromatic rings. The van der Waals surface area contributed by atoms with Crippen molar-refractivity contribution in [3.05, 3.63) is 0 Å².